The van der Waals surface area contributed by atoms with Gasteiger partial charge in [0.05, 0.1) is 0 Å². The number of hydrogen-bond donors (Lipinski definition) is 2. The predicted molar refractivity (Wildman–Crippen MR) is 58.8 cm³/mol. The van der Waals surface area contributed by atoms with Crippen LogP contribution in [-0.4, -0.2) is 18.5 Å². The fourth-order valence-corrected chi connectivity index (χ4v) is 0.752. The molecule has 0 rings (SSSR count). The van der Waals surface area contributed by atoms with Gasteiger partial charge in [0, 0.05) is 12.6 Å². The molecule has 0 aromatic carbocycles. The predicted octanol–water partition coefficient (Wildman–Crippen LogP) is 1.74. The van der Waals surface area contributed by atoms with Gasteiger partial charge >= 0.3 is 0 Å². The Balaban J connectivity index is 3.96. The normalized spacial score (nSPS) is 13.5. The van der Waals surface area contributed by atoms with E-state index in [1.165, 1.54) is 0 Å². The van der Waals surface area contributed by atoms with Crippen molar-refractivity contribution >= 4 is 5.96 Å². The minimum absolute atomic E-state index is 0.253. The number of nitrogens with two attached hydrogens (primary N) is 1. The van der Waals surface area contributed by atoms with E-state index in [1.54, 1.807) is 0 Å². The first-order chi connectivity index (χ1) is 5.87. The van der Waals surface area contributed by atoms with Crippen molar-refractivity contribution in [2.24, 2.45) is 16.1 Å². The van der Waals surface area contributed by atoms with Crippen molar-refractivity contribution in [1.29, 1.82) is 0 Å². The van der Waals surface area contributed by atoms with E-state index >= 15 is 0 Å². The third kappa shape index (κ3) is 6.43. The van der Waals surface area contributed by atoms with Crippen molar-refractivity contribution < 1.29 is 0 Å². The first-order valence-electron chi connectivity index (χ1n) is 4.94. The van der Waals surface area contributed by atoms with Gasteiger partial charge in [-0.25, -0.2) is 0 Å². The molecule has 0 atom stereocenters. The summed E-state index contributed by atoms with van der Waals surface area (Å²) in [5, 5.41) is 3.07. The highest BCUT2D eigenvalue weighted by atomic mass is 15.1. The number of nitrogens with one attached hydrogen (secondary N) is 1. The fourth-order valence-electron chi connectivity index (χ4n) is 0.752. The molecule has 0 fully saturated rings. The van der Waals surface area contributed by atoms with E-state index < -0.39 is 0 Å². The van der Waals surface area contributed by atoms with E-state index in [9.17, 15) is 0 Å². The third-order valence-corrected chi connectivity index (χ3v) is 2.07. The molecular formula is C10H23N3. The van der Waals surface area contributed by atoms with Gasteiger partial charge in [-0.15, -0.1) is 0 Å². The molecule has 0 radical (unpaired) electrons. The first-order valence-corrected chi connectivity index (χ1v) is 4.94. The molecule has 0 aliphatic heterocycles. The molecule has 0 aromatic rings. The van der Waals surface area contributed by atoms with Crippen LogP contribution in [0.3, 0.4) is 0 Å². The van der Waals surface area contributed by atoms with Crippen LogP contribution in [0.15, 0.2) is 4.99 Å². The molecule has 0 bridgehead atoms. The van der Waals surface area contributed by atoms with Crippen LogP contribution in [0, 0.1) is 5.41 Å². The van der Waals surface area contributed by atoms with Gasteiger partial charge in [-0.2, -0.15) is 0 Å². The molecule has 78 valence electrons. The van der Waals surface area contributed by atoms with Crippen LogP contribution >= 0.6 is 0 Å². The molecule has 0 saturated carbocycles. The van der Waals surface area contributed by atoms with E-state index in [4.69, 9.17) is 5.73 Å². The highest BCUT2D eigenvalue weighted by Crippen LogP contribution is 2.19. The fraction of sp³-hybridized carbons (Fsp3) is 0.900. The smallest absolute Gasteiger partial charge is 0.188 e. The van der Waals surface area contributed by atoms with Gasteiger partial charge in [0.1, 0.15) is 0 Å². The van der Waals surface area contributed by atoms with Gasteiger partial charge in [-0.1, -0.05) is 20.8 Å². The molecule has 0 aliphatic rings. The molecular weight excluding hydrogens is 162 g/mol. The van der Waals surface area contributed by atoms with Crippen LogP contribution in [0.25, 0.3) is 0 Å². The lowest BCUT2D eigenvalue weighted by Crippen LogP contribution is -2.37. The van der Waals surface area contributed by atoms with Crippen LogP contribution in [0.5, 0.6) is 0 Å². The maximum Gasteiger partial charge on any atom is 0.188 e. The van der Waals surface area contributed by atoms with Gasteiger partial charge < -0.3 is 11.1 Å². The summed E-state index contributed by atoms with van der Waals surface area (Å²) in [5.41, 5.74) is 5.93. The number of aliphatic imine (C=N–C) groups is 1. The Morgan fingerprint density at radius 1 is 1.46 bits per heavy atom. The average Bonchev–Trinajstić information content (AvgIpc) is 2.00. The molecule has 3 heteroatoms. The van der Waals surface area contributed by atoms with Crippen molar-refractivity contribution in [3.63, 3.8) is 0 Å². The lowest BCUT2D eigenvalue weighted by molar-refractivity contribution is 0.365. The summed E-state index contributed by atoms with van der Waals surface area (Å²) in [4.78, 5) is 4.29. The van der Waals surface area contributed by atoms with Crippen molar-refractivity contribution in [1.82, 2.24) is 5.32 Å². The highest BCUT2D eigenvalue weighted by molar-refractivity contribution is 5.78. The molecule has 0 aliphatic carbocycles. The zero-order valence-electron chi connectivity index (χ0n) is 9.52. The largest absolute Gasteiger partial charge is 0.370 e. The van der Waals surface area contributed by atoms with E-state index in [0.717, 1.165) is 13.0 Å². The Bertz CT molecular complexity index is 171. The SMILES string of the molecule is CCC(C)(C)CN=C(N)NC(C)C. The van der Waals surface area contributed by atoms with E-state index in [2.05, 4.69) is 31.1 Å². The van der Waals surface area contributed by atoms with E-state index in [1.807, 2.05) is 13.8 Å². The Labute approximate surface area is 81.8 Å². The number of hydrogen-bond acceptors (Lipinski definition) is 1. The van der Waals surface area contributed by atoms with Crippen LogP contribution in [0.1, 0.15) is 41.0 Å². The molecule has 13 heavy (non-hydrogen) atoms. The summed E-state index contributed by atoms with van der Waals surface area (Å²) < 4.78 is 0. The Kier molecular flexibility index (Phi) is 4.81. The second-order valence-corrected chi connectivity index (χ2v) is 4.52. The lowest BCUT2D eigenvalue weighted by Gasteiger charge is -2.20. The quantitative estimate of drug-likeness (QED) is 0.518. The molecule has 0 saturated heterocycles. The first kappa shape index (κ1) is 12.3. The summed E-state index contributed by atoms with van der Waals surface area (Å²) in [6, 6.07) is 0.355. The molecule has 0 amide bonds. The van der Waals surface area contributed by atoms with Crippen molar-refractivity contribution in [3.8, 4) is 0 Å². The maximum absolute atomic E-state index is 5.68. The molecule has 3 nitrogen and oxygen atoms in total. The zero-order valence-corrected chi connectivity index (χ0v) is 9.52. The zero-order chi connectivity index (χ0) is 10.5. The number of rotatable bonds is 4. The van der Waals surface area contributed by atoms with Crippen molar-refractivity contribution in [2.75, 3.05) is 6.54 Å². The summed E-state index contributed by atoms with van der Waals surface area (Å²) in [6.07, 6.45) is 1.12. The molecule has 0 heterocycles. The van der Waals surface area contributed by atoms with Gasteiger partial charge in [-0.05, 0) is 25.7 Å². The topological polar surface area (TPSA) is 50.4 Å². The molecule has 0 aromatic heterocycles. The average molecular weight is 185 g/mol. The van der Waals surface area contributed by atoms with Gasteiger partial charge in [0.25, 0.3) is 0 Å². The number of nitrogens with zero attached hydrogens (tertiary/aromatic N) is 1. The lowest BCUT2D eigenvalue weighted by atomic mass is 9.91. The summed E-state index contributed by atoms with van der Waals surface area (Å²) in [6.45, 7) is 11.4. The molecule has 0 spiro atoms. The van der Waals surface area contributed by atoms with Gasteiger partial charge in [0.15, 0.2) is 5.96 Å². The van der Waals surface area contributed by atoms with Crippen LogP contribution in [-0.2, 0) is 0 Å². The second-order valence-electron chi connectivity index (χ2n) is 4.52. The standard InChI is InChI=1S/C10H23N3/c1-6-10(4,5)7-12-9(11)13-8(2)3/h8H,6-7H2,1-5H3,(H3,11,12,13). The number of guanidine groups is 1. The monoisotopic (exact) mass is 185 g/mol. The van der Waals surface area contributed by atoms with E-state index in [-0.39, 0.29) is 5.41 Å². The van der Waals surface area contributed by atoms with Crippen molar-refractivity contribution in [2.45, 2.75) is 47.1 Å². The van der Waals surface area contributed by atoms with Crippen molar-refractivity contribution in [3.05, 3.63) is 0 Å². The minimum Gasteiger partial charge on any atom is -0.370 e. The van der Waals surface area contributed by atoms with Gasteiger partial charge in [-0.3, -0.25) is 4.99 Å². The Morgan fingerprint density at radius 3 is 2.38 bits per heavy atom. The molecule has 0 unspecified atom stereocenters. The van der Waals surface area contributed by atoms with Crippen LogP contribution in [0.2, 0.25) is 0 Å². The molecule has 3 N–H and O–H groups in total. The Morgan fingerprint density at radius 2 is 2.00 bits per heavy atom. The second kappa shape index (κ2) is 5.10. The van der Waals surface area contributed by atoms with Gasteiger partial charge in [0.2, 0.25) is 0 Å². The summed E-state index contributed by atoms with van der Waals surface area (Å²) in [5.74, 6) is 0.552. The maximum atomic E-state index is 5.68. The summed E-state index contributed by atoms with van der Waals surface area (Å²) in [7, 11) is 0. The van der Waals surface area contributed by atoms with Crippen LogP contribution < -0.4 is 11.1 Å². The van der Waals surface area contributed by atoms with Crippen LogP contribution in [0.4, 0.5) is 0 Å². The Hall–Kier alpha value is -0.730. The minimum atomic E-state index is 0.253. The highest BCUT2D eigenvalue weighted by Gasteiger charge is 2.13. The third-order valence-electron chi connectivity index (χ3n) is 2.07. The summed E-state index contributed by atoms with van der Waals surface area (Å²) >= 11 is 0. The van der Waals surface area contributed by atoms with E-state index in [0.29, 0.717) is 12.0 Å².